The Bertz CT molecular complexity index is 280. The molecule has 0 bridgehead atoms. The van der Waals surface area contributed by atoms with E-state index in [4.69, 9.17) is 9.47 Å². The van der Waals surface area contributed by atoms with Gasteiger partial charge < -0.3 is 9.47 Å². The zero-order valence-corrected chi connectivity index (χ0v) is 8.40. The molecule has 0 radical (unpaired) electrons. The number of hydrogen-bond acceptors (Lipinski definition) is 3. The predicted octanol–water partition coefficient (Wildman–Crippen LogP) is 2.86. The lowest BCUT2D eigenvalue weighted by Crippen LogP contribution is -2.13. The second-order valence-electron chi connectivity index (χ2n) is 3.37. The van der Waals surface area contributed by atoms with Crippen LogP contribution < -0.4 is 4.74 Å². The van der Waals surface area contributed by atoms with Crippen molar-refractivity contribution in [2.45, 2.75) is 13.8 Å². The lowest BCUT2D eigenvalue weighted by molar-refractivity contribution is 0.0886. The molecular formula is C11H14O3. The first-order chi connectivity index (χ1) is 6.68. The molecule has 0 spiro atoms. The number of rotatable bonds is 3. The molecule has 14 heavy (non-hydrogen) atoms. The van der Waals surface area contributed by atoms with Gasteiger partial charge in [-0.2, -0.15) is 0 Å². The molecular weight excluding hydrogens is 180 g/mol. The van der Waals surface area contributed by atoms with Gasteiger partial charge in [0.15, 0.2) is 0 Å². The monoisotopic (exact) mass is 194 g/mol. The van der Waals surface area contributed by atoms with Crippen LogP contribution in [-0.4, -0.2) is 12.8 Å². The molecule has 76 valence electrons. The van der Waals surface area contributed by atoms with E-state index < -0.39 is 6.16 Å². The number of para-hydroxylation sites is 1. The van der Waals surface area contributed by atoms with E-state index >= 15 is 0 Å². The second-order valence-corrected chi connectivity index (χ2v) is 3.37. The normalized spacial score (nSPS) is 9.93. The Labute approximate surface area is 83.6 Å². The van der Waals surface area contributed by atoms with Crippen LogP contribution in [0.2, 0.25) is 0 Å². The summed E-state index contributed by atoms with van der Waals surface area (Å²) in [6.45, 7) is 4.32. The lowest BCUT2D eigenvalue weighted by atomic mass is 10.2. The van der Waals surface area contributed by atoms with Crippen LogP contribution in [-0.2, 0) is 4.74 Å². The minimum absolute atomic E-state index is 0.318. The SMILES string of the molecule is CC(C)COC(=O)Oc1ccccc1. The summed E-state index contributed by atoms with van der Waals surface area (Å²) in [7, 11) is 0. The largest absolute Gasteiger partial charge is 0.513 e. The van der Waals surface area contributed by atoms with Crippen LogP contribution >= 0.6 is 0 Å². The molecule has 0 aliphatic rings. The number of hydrogen-bond donors (Lipinski definition) is 0. The maximum Gasteiger partial charge on any atom is 0.513 e. The minimum atomic E-state index is -0.648. The van der Waals surface area contributed by atoms with Gasteiger partial charge >= 0.3 is 6.16 Å². The molecule has 0 saturated heterocycles. The van der Waals surface area contributed by atoms with E-state index in [0.29, 0.717) is 18.3 Å². The van der Waals surface area contributed by atoms with Gasteiger partial charge in [-0.3, -0.25) is 0 Å². The molecule has 3 nitrogen and oxygen atoms in total. The van der Waals surface area contributed by atoms with Gasteiger partial charge in [0.1, 0.15) is 5.75 Å². The van der Waals surface area contributed by atoms with Crippen molar-refractivity contribution in [3.63, 3.8) is 0 Å². The number of carbonyl (C=O) groups is 1. The number of ether oxygens (including phenoxy) is 2. The maximum absolute atomic E-state index is 11.1. The first kappa shape index (κ1) is 10.6. The van der Waals surface area contributed by atoms with Gasteiger partial charge in [-0.15, -0.1) is 0 Å². The van der Waals surface area contributed by atoms with Crippen molar-refractivity contribution in [1.82, 2.24) is 0 Å². The highest BCUT2D eigenvalue weighted by molar-refractivity contribution is 5.63. The smallest absolute Gasteiger partial charge is 0.434 e. The number of benzene rings is 1. The fourth-order valence-electron chi connectivity index (χ4n) is 0.849. The minimum Gasteiger partial charge on any atom is -0.434 e. The van der Waals surface area contributed by atoms with E-state index in [-0.39, 0.29) is 0 Å². The molecule has 1 aromatic carbocycles. The van der Waals surface area contributed by atoms with Crippen molar-refractivity contribution in [1.29, 1.82) is 0 Å². The summed E-state index contributed by atoms with van der Waals surface area (Å²) in [5.41, 5.74) is 0. The fraction of sp³-hybridized carbons (Fsp3) is 0.364. The van der Waals surface area contributed by atoms with Gasteiger partial charge in [0, 0.05) is 0 Å². The van der Waals surface area contributed by atoms with Crippen LogP contribution in [0.15, 0.2) is 30.3 Å². The van der Waals surface area contributed by atoms with Crippen molar-refractivity contribution in [3.8, 4) is 5.75 Å². The van der Waals surface area contributed by atoms with Crippen LogP contribution in [0, 0.1) is 5.92 Å². The Morgan fingerprint density at radius 2 is 1.93 bits per heavy atom. The molecule has 0 aliphatic heterocycles. The van der Waals surface area contributed by atoms with Crippen molar-refractivity contribution in [2.75, 3.05) is 6.61 Å². The summed E-state index contributed by atoms with van der Waals surface area (Å²) in [6, 6.07) is 8.86. The molecule has 0 aliphatic carbocycles. The van der Waals surface area contributed by atoms with Crippen LogP contribution in [0.3, 0.4) is 0 Å². The Morgan fingerprint density at radius 1 is 1.29 bits per heavy atom. The van der Waals surface area contributed by atoms with Crippen LogP contribution in [0.4, 0.5) is 4.79 Å². The summed E-state index contributed by atoms with van der Waals surface area (Å²) < 4.78 is 9.75. The quantitative estimate of drug-likeness (QED) is 0.548. The zero-order chi connectivity index (χ0) is 10.4. The van der Waals surface area contributed by atoms with Crippen LogP contribution in [0.1, 0.15) is 13.8 Å². The van der Waals surface area contributed by atoms with Gasteiger partial charge in [-0.05, 0) is 18.1 Å². The van der Waals surface area contributed by atoms with E-state index in [1.165, 1.54) is 0 Å². The molecule has 1 aromatic rings. The highest BCUT2D eigenvalue weighted by atomic mass is 16.7. The molecule has 0 atom stereocenters. The average molecular weight is 194 g/mol. The molecule has 0 N–H and O–H groups in total. The summed E-state index contributed by atoms with van der Waals surface area (Å²) in [5.74, 6) is 0.819. The van der Waals surface area contributed by atoms with Crippen LogP contribution in [0.25, 0.3) is 0 Å². The topological polar surface area (TPSA) is 35.5 Å². The van der Waals surface area contributed by atoms with Crippen molar-refractivity contribution >= 4 is 6.16 Å². The zero-order valence-electron chi connectivity index (χ0n) is 8.40. The lowest BCUT2D eigenvalue weighted by Gasteiger charge is -2.07. The standard InChI is InChI=1S/C11H14O3/c1-9(2)8-13-11(12)14-10-6-4-3-5-7-10/h3-7,9H,8H2,1-2H3. The Balaban J connectivity index is 2.35. The van der Waals surface area contributed by atoms with E-state index in [9.17, 15) is 4.79 Å². The molecule has 3 heteroatoms. The third kappa shape index (κ3) is 3.94. The van der Waals surface area contributed by atoms with Crippen molar-refractivity contribution in [2.24, 2.45) is 5.92 Å². The average Bonchev–Trinajstić information content (AvgIpc) is 2.16. The first-order valence-electron chi connectivity index (χ1n) is 4.58. The molecule has 0 amide bonds. The van der Waals surface area contributed by atoms with E-state index in [1.54, 1.807) is 24.3 Å². The number of carbonyl (C=O) groups excluding carboxylic acids is 1. The molecule has 0 heterocycles. The third-order valence-corrected chi connectivity index (χ3v) is 1.48. The highest BCUT2D eigenvalue weighted by Crippen LogP contribution is 2.09. The van der Waals surface area contributed by atoms with Gasteiger partial charge in [0.2, 0.25) is 0 Å². The summed E-state index contributed by atoms with van der Waals surface area (Å²) in [5, 5.41) is 0. The molecule has 1 rings (SSSR count). The van der Waals surface area contributed by atoms with Gasteiger partial charge in [-0.1, -0.05) is 32.0 Å². The summed E-state index contributed by atoms with van der Waals surface area (Å²) in [4.78, 5) is 11.1. The molecule has 0 saturated carbocycles. The predicted molar refractivity (Wildman–Crippen MR) is 53.3 cm³/mol. The van der Waals surface area contributed by atoms with Crippen LogP contribution in [0.5, 0.6) is 5.75 Å². The Kier molecular flexibility index (Phi) is 3.98. The second kappa shape index (κ2) is 5.27. The van der Waals surface area contributed by atoms with E-state index in [1.807, 2.05) is 19.9 Å². The molecule has 0 fully saturated rings. The third-order valence-electron chi connectivity index (χ3n) is 1.48. The fourth-order valence-corrected chi connectivity index (χ4v) is 0.849. The summed E-state index contributed by atoms with van der Waals surface area (Å²) in [6.07, 6.45) is -0.648. The Morgan fingerprint density at radius 3 is 2.50 bits per heavy atom. The summed E-state index contributed by atoms with van der Waals surface area (Å²) >= 11 is 0. The van der Waals surface area contributed by atoms with Gasteiger partial charge in [-0.25, -0.2) is 4.79 Å². The molecule has 0 aromatic heterocycles. The van der Waals surface area contributed by atoms with Crippen molar-refractivity contribution < 1.29 is 14.3 Å². The maximum atomic E-state index is 11.1. The highest BCUT2D eigenvalue weighted by Gasteiger charge is 2.05. The van der Waals surface area contributed by atoms with Gasteiger partial charge in [0.05, 0.1) is 6.61 Å². The Hall–Kier alpha value is -1.51. The molecule has 0 unspecified atom stereocenters. The van der Waals surface area contributed by atoms with E-state index in [2.05, 4.69) is 0 Å². The van der Waals surface area contributed by atoms with Crippen molar-refractivity contribution in [3.05, 3.63) is 30.3 Å². The van der Waals surface area contributed by atoms with E-state index in [0.717, 1.165) is 0 Å². The first-order valence-corrected chi connectivity index (χ1v) is 4.58. The van der Waals surface area contributed by atoms with Gasteiger partial charge in [0.25, 0.3) is 0 Å².